The molecule has 7 heteroatoms. The number of benzene rings is 1. The molecule has 1 aliphatic rings. The molecule has 1 saturated heterocycles. The van der Waals surface area contributed by atoms with Gasteiger partial charge in [-0.3, -0.25) is 4.72 Å². The van der Waals surface area contributed by atoms with E-state index in [1.807, 2.05) is 18.4 Å². The molecule has 0 aromatic heterocycles. The summed E-state index contributed by atoms with van der Waals surface area (Å²) in [6.45, 7) is 2.43. The van der Waals surface area contributed by atoms with E-state index in [1.54, 1.807) is 23.9 Å². The zero-order valence-electron chi connectivity index (χ0n) is 10.2. The van der Waals surface area contributed by atoms with Gasteiger partial charge in [0.15, 0.2) is 0 Å². The van der Waals surface area contributed by atoms with Crippen LogP contribution in [0.5, 0.6) is 0 Å². The normalized spacial score (nSPS) is 17.6. The quantitative estimate of drug-likeness (QED) is 0.810. The molecule has 0 saturated carbocycles. The van der Waals surface area contributed by atoms with Crippen LogP contribution in [0.15, 0.2) is 29.2 Å². The summed E-state index contributed by atoms with van der Waals surface area (Å²) >= 11 is 1.63. The van der Waals surface area contributed by atoms with Crippen molar-refractivity contribution >= 4 is 27.7 Å². The van der Waals surface area contributed by atoms with Crippen LogP contribution in [0.1, 0.15) is 0 Å². The third-order valence-corrected chi connectivity index (χ3v) is 5.03. The van der Waals surface area contributed by atoms with Gasteiger partial charge < -0.3 is 5.32 Å². The summed E-state index contributed by atoms with van der Waals surface area (Å²) in [5.41, 5.74) is 0.603. The van der Waals surface area contributed by atoms with Crippen molar-refractivity contribution in [3.63, 3.8) is 0 Å². The lowest BCUT2D eigenvalue weighted by Crippen LogP contribution is -2.48. The van der Waals surface area contributed by atoms with Crippen LogP contribution in [0, 0.1) is 0 Å². The second-order valence-electron chi connectivity index (χ2n) is 3.98. The number of piperazine rings is 1. The molecule has 0 aliphatic carbocycles. The van der Waals surface area contributed by atoms with Gasteiger partial charge in [-0.1, -0.05) is 0 Å². The lowest BCUT2D eigenvalue weighted by Gasteiger charge is -2.26. The Morgan fingerprint density at radius 2 is 1.83 bits per heavy atom. The maximum absolute atomic E-state index is 12.1. The summed E-state index contributed by atoms with van der Waals surface area (Å²) in [6, 6.07) is 7.37. The maximum Gasteiger partial charge on any atom is 0.301 e. The minimum atomic E-state index is -3.42. The summed E-state index contributed by atoms with van der Waals surface area (Å²) in [7, 11) is -3.42. The van der Waals surface area contributed by atoms with E-state index in [0.717, 1.165) is 4.90 Å². The Hall–Kier alpha value is -0.760. The summed E-state index contributed by atoms with van der Waals surface area (Å²) in [6.07, 6.45) is 1.99. The molecule has 100 valence electrons. The number of thioether (sulfide) groups is 1. The Labute approximate surface area is 112 Å². The predicted octanol–water partition coefficient (Wildman–Crippen LogP) is 0.970. The van der Waals surface area contributed by atoms with Gasteiger partial charge in [-0.2, -0.15) is 12.7 Å². The molecule has 2 rings (SSSR count). The van der Waals surface area contributed by atoms with Gasteiger partial charge in [0.25, 0.3) is 0 Å². The second kappa shape index (κ2) is 5.92. The second-order valence-corrected chi connectivity index (χ2v) is 6.53. The summed E-state index contributed by atoms with van der Waals surface area (Å²) < 4.78 is 28.2. The fourth-order valence-electron chi connectivity index (χ4n) is 1.76. The van der Waals surface area contributed by atoms with E-state index in [-0.39, 0.29) is 0 Å². The summed E-state index contributed by atoms with van der Waals surface area (Å²) in [5.74, 6) is 0. The van der Waals surface area contributed by atoms with Crippen molar-refractivity contribution in [2.45, 2.75) is 4.90 Å². The van der Waals surface area contributed by atoms with Gasteiger partial charge in [0.05, 0.1) is 0 Å². The van der Waals surface area contributed by atoms with Gasteiger partial charge in [-0.15, -0.1) is 11.8 Å². The van der Waals surface area contributed by atoms with E-state index in [0.29, 0.717) is 31.9 Å². The van der Waals surface area contributed by atoms with Gasteiger partial charge >= 0.3 is 10.2 Å². The minimum Gasteiger partial charge on any atom is -0.314 e. The molecule has 1 fully saturated rings. The molecule has 1 aliphatic heterocycles. The molecule has 5 nitrogen and oxygen atoms in total. The fraction of sp³-hybridized carbons (Fsp3) is 0.455. The van der Waals surface area contributed by atoms with Gasteiger partial charge in [0.1, 0.15) is 0 Å². The number of hydrogen-bond donors (Lipinski definition) is 2. The molecule has 0 amide bonds. The zero-order valence-corrected chi connectivity index (χ0v) is 11.9. The molecule has 0 unspecified atom stereocenters. The van der Waals surface area contributed by atoms with Crippen molar-refractivity contribution in [2.24, 2.45) is 0 Å². The molecular formula is C11H17N3O2S2. The van der Waals surface area contributed by atoms with Gasteiger partial charge in [0, 0.05) is 36.8 Å². The number of nitrogens with one attached hydrogen (secondary N) is 2. The van der Waals surface area contributed by atoms with Crippen molar-refractivity contribution < 1.29 is 8.42 Å². The number of nitrogens with zero attached hydrogens (tertiary/aromatic N) is 1. The van der Waals surface area contributed by atoms with E-state index in [1.165, 1.54) is 4.31 Å². The molecule has 18 heavy (non-hydrogen) atoms. The molecule has 0 spiro atoms. The van der Waals surface area contributed by atoms with E-state index in [4.69, 9.17) is 0 Å². The van der Waals surface area contributed by atoms with Crippen LogP contribution in [0.3, 0.4) is 0 Å². The molecule has 0 bridgehead atoms. The van der Waals surface area contributed by atoms with Gasteiger partial charge in [-0.25, -0.2) is 0 Å². The Morgan fingerprint density at radius 3 is 2.39 bits per heavy atom. The van der Waals surface area contributed by atoms with Crippen molar-refractivity contribution in [3.05, 3.63) is 24.3 Å². The molecule has 1 aromatic carbocycles. The van der Waals surface area contributed by atoms with Crippen LogP contribution in [-0.4, -0.2) is 45.2 Å². The van der Waals surface area contributed by atoms with Gasteiger partial charge in [-0.05, 0) is 30.5 Å². The Balaban J connectivity index is 2.06. The smallest absolute Gasteiger partial charge is 0.301 e. The van der Waals surface area contributed by atoms with Crippen LogP contribution in [0.2, 0.25) is 0 Å². The van der Waals surface area contributed by atoms with Crippen LogP contribution in [0.25, 0.3) is 0 Å². The molecular weight excluding hydrogens is 270 g/mol. The lowest BCUT2D eigenvalue weighted by molar-refractivity contribution is 0.362. The van der Waals surface area contributed by atoms with Crippen LogP contribution >= 0.6 is 11.8 Å². The molecule has 1 aromatic rings. The first kappa shape index (κ1) is 13.7. The average Bonchev–Trinajstić information content (AvgIpc) is 2.40. The highest BCUT2D eigenvalue weighted by Gasteiger charge is 2.23. The van der Waals surface area contributed by atoms with E-state index in [2.05, 4.69) is 10.0 Å². The number of anilines is 1. The van der Waals surface area contributed by atoms with Crippen molar-refractivity contribution in [1.29, 1.82) is 0 Å². The van der Waals surface area contributed by atoms with E-state index < -0.39 is 10.2 Å². The molecule has 2 N–H and O–H groups in total. The molecule has 0 atom stereocenters. The van der Waals surface area contributed by atoms with E-state index >= 15 is 0 Å². The Kier molecular flexibility index (Phi) is 4.50. The minimum absolute atomic E-state index is 0.512. The topological polar surface area (TPSA) is 61.4 Å². The molecule has 0 radical (unpaired) electrons. The van der Waals surface area contributed by atoms with E-state index in [9.17, 15) is 8.42 Å². The predicted molar refractivity (Wildman–Crippen MR) is 75.2 cm³/mol. The maximum atomic E-state index is 12.1. The zero-order chi connectivity index (χ0) is 13.0. The monoisotopic (exact) mass is 287 g/mol. The van der Waals surface area contributed by atoms with Crippen LogP contribution in [-0.2, 0) is 10.2 Å². The average molecular weight is 287 g/mol. The third-order valence-electron chi connectivity index (χ3n) is 2.75. The lowest BCUT2D eigenvalue weighted by atomic mass is 10.3. The van der Waals surface area contributed by atoms with Crippen molar-refractivity contribution in [3.8, 4) is 0 Å². The number of rotatable bonds is 4. The highest BCUT2D eigenvalue weighted by atomic mass is 32.2. The highest BCUT2D eigenvalue weighted by molar-refractivity contribution is 7.98. The van der Waals surface area contributed by atoms with Crippen molar-refractivity contribution in [1.82, 2.24) is 9.62 Å². The van der Waals surface area contributed by atoms with Crippen LogP contribution < -0.4 is 10.0 Å². The fourth-order valence-corrected chi connectivity index (χ4v) is 3.39. The first-order valence-corrected chi connectivity index (χ1v) is 8.41. The first-order chi connectivity index (χ1) is 8.62. The SMILES string of the molecule is CSc1ccc(NS(=O)(=O)N2CCNCC2)cc1. The van der Waals surface area contributed by atoms with Crippen molar-refractivity contribution in [2.75, 3.05) is 37.2 Å². The summed E-state index contributed by atoms with van der Waals surface area (Å²) in [4.78, 5) is 1.11. The largest absolute Gasteiger partial charge is 0.314 e. The summed E-state index contributed by atoms with van der Waals surface area (Å²) in [5, 5.41) is 3.13. The number of hydrogen-bond acceptors (Lipinski definition) is 4. The third kappa shape index (κ3) is 3.38. The Morgan fingerprint density at radius 1 is 1.22 bits per heavy atom. The van der Waals surface area contributed by atoms with Crippen LogP contribution in [0.4, 0.5) is 5.69 Å². The molecule has 1 heterocycles. The first-order valence-electron chi connectivity index (χ1n) is 5.74. The standard InChI is InChI=1S/C11H17N3O2S2/c1-17-11-4-2-10(3-5-11)13-18(15,16)14-8-6-12-7-9-14/h2-5,12-13H,6-9H2,1H3. The highest BCUT2D eigenvalue weighted by Crippen LogP contribution is 2.19. The Bertz CT molecular complexity index is 482. The van der Waals surface area contributed by atoms with Gasteiger partial charge in [0.2, 0.25) is 0 Å².